The fourth-order valence-electron chi connectivity index (χ4n) is 2.77. The molecule has 8 heteroatoms. The molecule has 0 aliphatic heterocycles. The fourth-order valence-corrected chi connectivity index (χ4v) is 3.38. The van der Waals surface area contributed by atoms with Gasteiger partial charge in [0, 0.05) is 18.5 Å². The highest BCUT2D eigenvalue weighted by molar-refractivity contribution is 7.99. The molecule has 0 bridgehead atoms. The van der Waals surface area contributed by atoms with Crippen LogP contribution < -0.4 is 9.46 Å². The third-order valence-electron chi connectivity index (χ3n) is 4.16. The van der Waals surface area contributed by atoms with Crippen LogP contribution in [0.4, 0.5) is 5.95 Å². The van der Waals surface area contributed by atoms with Gasteiger partial charge in [-0.05, 0) is 48.1 Å². The lowest BCUT2D eigenvalue weighted by molar-refractivity contribution is 0.305. The van der Waals surface area contributed by atoms with E-state index in [0.29, 0.717) is 28.3 Å². The average molecular weight is 395 g/mol. The first-order chi connectivity index (χ1) is 12.2. The molecule has 1 aliphatic rings. The van der Waals surface area contributed by atoms with Crippen molar-refractivity contribution in [3.63, 3.8) is 0 Å². The van der Waals surface area contributed by atoms with E-state index < -0.39 is 0 Å². The van der Waals surface area contributed by atoms with Gasteiger partial charge in [-0.25, -0.2) is 0 Å². The predicted octanol–water partition coefficient (Wildman–Crippen LogP) is 5.18. The zero-order chi connectivity index (χ0) is 17.4. The predicted molar refractivity (Wildman–Crippen MR) is 103 cm³/mol. The van der Waals surface area contributed by atoms with Gasteiger partial charge >= 0.3 is 0 Å². The van der Waals surface area contributed by atoms with E-state index >= 15 is 0 Å². The van der Waals surface area contributed by atoms with Crippen LogP contribution in [0.25, 0.3) is 5.65 Å². The number of pyridine rings is 1. The number of rotatable bonds is 6. The molecule has 2 aromatic heterocycles. The second kappa shape index (κ2) is 6.94. The van der Waals surface area contributed by atoms with Crippen LogP contribution in [-0.4, -0.2) is 20.9 Å². The Balaban J connectivity index is 1.63. The molecule has 0 saturated heterocycles. The summed E-state index contributed by atoms with van der Waals surface area (Å²) in [5, 5.41) is 9.45. The molecule has 1 fully saturated rings. The van der Waals surface area contributed by atoms with E-state index in [1.165, 1.54) is 30.4 Å². The van der Waals surface area contributed by atoms with E-state index in [0.717, 1.165) is 17.2 Å². The van der Waals surface area contributed by atoms with E-state index in [4.69, 9.17) is 27.9 Å². The zero-order valence-electron chi connectivity index (χ0n) is 13.5. The third kappa shape index (κ3) is 3.52. The standard InChI is InChI=1S/C17H16Cl2N4OS/c1-25-22-17-21-20-16-6-11(13(8-23(16)17)10-2-3-10)9-24-12-4-5-14(18)15(19)7-12/h4-8,10H,2-3,9H2,1H3,(H,21,22). The Kier molecular flexibility index (Phi) is 4.67. The second-order valence-corrected chi connectivity index (χ2v) is 7.38. The average Bonchev–Trinajstić information content (AvgIpc) is 3.38. The largest absolute Gasteiger partial charge is 0.489 e. The maximum atomic E-state index is 6.06. The Morgan fingerprint density at radius 3 is 2.80 bits per heavy atom. The number of anilines is 1. The van der Waals surface area contributed by atoms with Gasteiger partial charge in [0.05, 0.1) is 10.0 Å². The Hall–Kier alpha value is -1.63. The van der Waals surface area contributed by atoms with Gasteiger partial charge in [-0.1, -0.05) is 35.1 Å². The van der Waals surface area contributed by atoms with Gasteiger partial charge in [0.2, 0.25) is 5.95 Å². The first kappa shape index (κ1) is 16.8. The Morgan fingerprint density at radius 2 is 2.08 bits per heavy atom. The number of fused-ring (bicyclic) bond motifs is 1. The maximum absolute atomic E-state index is 6.06. The topological polar surface area (TPSA) is 51.5 Å². The van der Waals surface area contributed by atoms with Crippen LogP contribution >= 0.6 is 35.1 Å². The molecule has 5 nitrogen and oxygen atoms in total. The van der Waals surface area contributed by atoms with Crippen molar-refractivity contribution >= 4 is 46.7 Å². The SMILES string of the molecule is CSNc1nnc2cc(COc3ccc(Cl)c(Cl)c3)c(C3CC3)cn12. The lowest BCUT2D eigenvalue weighted by atomic mass is 10.1. The quantitative estimate of drug-likeness (QED) is 0.583. The minimum atomic E-state index is 0.457. The van der Waals surface area contributed by atoms with E-state index in [-0.39, 0.29) is 0 Å². The van der Waals surface area contributed by atoms with Gasteiger partial charge in [-0.3, -0.25) is 9.12 Å². The van der Waals surface area contributed by atoms with E-state index in [9.17, 15) is 0 Å². The minimum Gasteiger partial charge on any atom is -0.489 e. The summed E-state index contributed by atoms with van der Waals surface area (Å²) in [5.41, 5.74) is 3.22. The Morgan fingerprint density at radius 1 is 1.24 bits per heavy atom. The van der Waals surface area contributed by atoms with Crippen molar-refractivity contribution in [1.82, 2.24) is 14.6 Å². The molecule has 1 saturated carbocycles. The highest BCUT2D eigenvalue weighted by Gasteiger charge is 2.27. The summed E-state index contributed by atoms with van der Waals surface area (Å²) in [5.74, 6) is 2.02. The third-order valence-corrected chi connectivity index (χ3v) is 5.29. The van der Waals surface area contributed by atoms with Gasteiger partial charge in [0.1, 0.15) is 12.4 Å². The Labute approximate surface area is 159 Å². The molecule has 0 atom stereocenters. The summed E-state index contributed by atoms with van der Waals surface area (Å²) in [7, 11) is 0. The molecule has 1 N–H and O–H groups in total. The van der Waals surface area contributed by atoms with Gasteiger partial charge in [0.25, 0.3) is 0 Å². The number of aromatic nitrogens is 3. The lowest BCUT2D eigenvalue weighted by Crippen LogP contribution is -2.03. The number of benzene rings is 1. The molecule has 0 unspecified atom stereocenters. The van der Waals surface area contributed by atoms with Crippen molar-refractivity contribution in [1.29, 1.82) is 0 Å². The molecule has 25 heavy (non-hydrogen) atoms. The fraction of sp³-hybridized carbons (Fsp3) is 0.294. The summed E-state index contributed by atoms with van der Waals surface area (Å²) in [6.45, 7) is 0.457. The summed E-state index contributed by atoms with van der Waals surface area (Å²) in [6.07, 6.45) is 6.50. The number of nitrogens with one attached hydrogen (secondary N) is 1. The van der Waals surface area contributed by atoms with Crippen molar-refractivity contribution in [2.24, 2.45) is 0 Å². The molecule has 3 aromatic rings. The maximum Gasteiger partial charge on any atom is 0.239 e. The molecule has 0 amide bonds. The van der Waals surface area contributed by atoms with E-state index in [1.54, 1.807) is 12.1 Å². The van der Waals surface area contributed by atoms with Crippen molar-refractivity contribution in [3.8, 4) is 5.75 Å². The molecule has 4 rings (SSSR count). The monoisotopic (exact) mass is 394 g/mol. The van der Waals surface area contributed by atoms with Gasteiger partial charge in [-0.2, -0.15) is 0 Å². The number of ether oxygens (including phenoxy) is 1. The van der Waals surface area contributed by atoms with Crippen LogP contribution in [0.2, 0.25) is 10.0 Å². The molecule has 2 heterocycles. The van der Waals surface area contributed by atoms with Crippen molar-refractivity contribution in [3.05, 3.63) is 51.6 Å². The summed E-state index contributed by atoms with van der Waals surface area (Å²) in [6, 6.07) is 7.34. The molecule has 0 radical (unpaired) electrons. The highest BCUT2D eigenvalue weighted by atomic mass is 35.5. The molecular formula is C17H16Cl2N4OS. The summed E-state index contributed by atoms with van der Waals surface area (Å²) >= 11 is 13.5. The van der Waals surface area contributed by atoms with Gasteiger partial charge in [0.15, 0.2) is 5.65 Å². The smallest absolute Gasteiger partial charge is 0.239 e. The van der Waals surface area contributed by atoms with Crippen LogP contribution in [0.3, 0.4) is 0 Å². The van der Waals surface area contributed by atoms with Gasteiger partial charge < -0.3 is 4.74 Å². The van der Waals surface area contributed by atoms with Crippen LogP contribution in [0, 0.1) is 0 Å². The molecule has 0 spiro atoms. The number of halogens is 2. The highest BCUT2D eigenvalue weighted by Crippen LogP contribution is 2.42. The van der Waals surface area contributed by atoms with E-state index in [1.807, 2.05) is 22.8 Å². The molecule has 1 aliphatic carbocycles. The van der Waals surface area contributed by atoms with Crippen LogP contribution in [-0.2, 0) is 6.61 Å². The minimum absolute atomic E-state index is 0.457. The molecular weight excluding hydrogens is 379 g/mol. The van der Waals surface area contributed by atoms with Crippen molar-refractivity contribution in [2.75, 3.05) is 11.0 Å². The molecule has 1 aromatic carbocycles. The first-order valence-corrected chi connectivity index (χ1v) is 9.88. The number of hydrogen-bond acceptors (Lipinski definition) is 5. The van der Waals surface area contributed by atoms with Crippen molar-refractivity contribution in [2.45, 2.75) is 25.4 Å². The first-order valence-electron chi connectivity index (χ1n) is 7.90. The summed E-state index contributed by atoms with van der Waals surface area (Å²) < 4.78 is 11.1. The van der Waals surface area contributed by atoms with E-state index in [2.05, 4.69) is 21.1 Å². The second-order valence-electron chi connectivity index (χ2n) is 5.95. The lowest BCUT2D eigenvalue weighted by Gasteiger charge is -2.12. The van der Waals surface area contributed by atoms with Crippen LogP contribution in [0.1, 0.15) is 29.9 Å². The molecule has 130 valence electrons. The normalized spacial score (nSPS) is 14.0. The van der Waals surface area contributed by atoms with Crippen molar-refractivity contribution < 1.29 is 4.74 Å². The number of nitrogens with zero attached hydrogens (tertiary/aromatic N) is 3. The van der Waals surface area contributed by atoms with Crippen LogP contribution in [0.15, 0.2) is 30.5 Å². The zero-order valence-corrected chi connectivity index (χ0v) is 15.8. The number of hydrogen-bond donors (Lipinski definition) is 1. The van der Waals surface area contributed by atoms with Gasteiger partial charge in [-0.15, -0.1) is 10.2 Å². The van der Waals surface area contributed by atoms with Crippen LogP contribution in [0.5, 0.6) is 5.75 Å². The summed E-state index contributed by atoms with van der Waals surface area (Å²) in [4.78, 5) is 0. The Bertz CT molecular complexity index is 926.